The van der Waals surface area contributed by atoms with Crippen molar-refractivity contribution < 1.29 is 19.5 Å². The van der Waals surface area contributed by atoms with Crippen molar-refractivity contribution in [2.75, 3.05) is 0 Å². The SMILES string of the molecule is CC(C)(C)NC(=O)c1cc(-c2sc(C(=O)N[C@H]3C[C@H](C(=O)O)C3)nc2CC2CCCCC2)cc(C(C)(C)C)c1. The number of amides is 2. The van der Waals surface area contributed by atoms with Gasteiger partial charge in [0.05, 0.1) is 16.5 Å². The van der Waals surface area contributed by atoms with Crippen molar-refractivity contribution in [3.05, 3.63) is 40.0 Å². The second-order valence-corrected chi connectivity index (χ2v) is 14.4. The molecule has 0 aliphatic heterocycles. The fourth-order valence-corrected chi connectivity index (χ4v) is 6.38. The number of nitrogens with zero attached hydrogens (tertiary/aromatic N) is 1. The number of thiazole rings is 1. The van der Waals surface area contributed by atoms with Gasteiger partial charge in [-0.3, -0.25) is 14.4 Å². The Kier molecular flexibility index (Phi) is 8.55. The lowest BCUT2D eigenvalue weighted by Crippen LogP contribution is -2.46. The van der Waals surface area contributed by atoms with Crippen molar-refractivity contribution in [1.82, 2.24) is 15.6 Å². The van der Waals surface area contributed by atoms with E-state index in [2.05, 4.69) is 37.5 Å². The molecule has 2 aliphatic carbocycles. The van der Waals surface area contributed by atoms with Gasteiger partial charge in [-0.05, 0) is 80.7 Å². The molecule has 0 saturated heterocycles. The van der Waals surface area contributed by atoms with E-state index >= 15 is 0 Å². The largest absolute Gasteiger partial charge is 0.481 e. The zero-order chi connectivity index (χ0) is 28.5. The molecule has 1 heterocycles. The number of carbonyl (C=O) groups is 3. The first-order chi connectivity index (χ1) is 18.2. The molecule has 2 fully saturated rings. The summed E-state index contributed by atoms with van der Waals surface area (Å²) in [5.41, 5.74) is 2.95. The molecular weight excluding hydrogens is 510 g/mol. The van der Waals surface area contributed by atoms with Gasteiger partial charge in [-0.25, -0.2) is 4.98 Å². The van der Waals surface area contributed by atoms with E-state index in [1.54, 1.807) is 0 Å². The predicted octanol–water partition coefficient (Wildman–Crippen LogP) is 6.35. The number of nitrogens with one attached hydrogen (secondary N) is 2. The molecule has 2 amide bonds. The molecule has 0 atom stereocenters. The smallest absolute Gasteiger partial charge is 0.306 e. The van der Waals surface area contributed by atoms with Crippen molar-refractivity contribution in [3.8, 4) is 10.4 Å². The molecular formula is C31H43N3O4S. The molecule has 39 heavy (non-hydrogen) atoms. The summed E-state index contributed by atoms with van der Waals surface area (Å²) in [6, 6.07) is 5.90. The fraction of sp³-hybridized carbons (Fsp3) is 0.613. The standard InChI is InChI=1S/C31H43N3O4S/c1-30(2,3)22-14-19(13-20(15-22)26(35)34-31(4,5)6)25-24(12-18-10-8-7-9-11-18)33-28(39-25)27(36)32-23-16-21(17-23)29(37)38/h13-15,18,21,23H,7-12,16-17H2,1-6H3,(H,32,36)(H,34,35)(H,37,38)/t21-,23-. The number of benzene rings is 1. The first-order valence-corrected chi connectivity index (χ1v) is 15.0. The minimum absolute atomic E-state index is 0.121. The fourth-order valence-electron chi connectivity index (χ4n) is 5.40. The van der Waals surface area contributed by atoms with E-state index in [1.165, 1.54) is 43.4 Å². The van der Waals surface area contributed by atoms with Crippen molar-refractivity contribution in [2.45, 2.75) is 110 Å². The Morgan fingerprint density at radius 2 is 1.64 bits per heavy atom. The molecule has 8 heteroatoms. The number of carboxylic acid groups (broad SMARTS) is 1. The molecule has 2 aromatic rings. The molecule has 0 radical (unpaired) electrons. The topological polar surface area (TPSA) is 108 Å². The highest BCUT2D eigenvalue weighted by Crippen LogP contribution is 2.38. The molecule has 212 valence electrons. The van der Waals surface area contributed by atoms with E-state index in [0.717, 1.165) is 28.1 Å². The molecule has 1 aromatic carbocycles. The van der Waals surface area contributed by atoms with Gasteiger partial charge in [-0.15, -0.1) is 11.3 Å². The van der Waals surface area contributed by atoms with E-state index in [-0.39, 0.29) is 34.7 Å². The van der Waals surface area contributed by atoms with Gasteiger partial charge in [-0.1, -0.05) is 52.9 Å². The predicted molar refractivity (Wildman–Crippen MR) is 155 cm³/mol. The van der Waals surface area contributed by atoms with Crippen LogP contribution in [0.25, 0.3) is 10.4 Å². The van der Waals surface area contributed by atoms with Crippen LogP contribution in [0, 0.1) is 11.8 Å². The average molecular weight is 554 g/mol. The summed E-state index contributed by atoms with van der Waals surface area (Å²) in [6.07, 6.45) is 7.76. The van der Waals surface area contributed by atoms with Crippen LogP contribution in [0.3, 0.4) is 0 Å². The van der Waals surface area contributed by atoms with E-state index in [4.69, 9.17) is 4.98 Å². The van der Waals surface area contributed by atoms with Crippen molar-refractivity contribution >= 4 is 29.1 Å². The lowest BCUT2D eigenvalue weighted by Gasteiger charge is -2.32. The average Bonchev–Trinajstić information content (AvgIpc) is 3.23. The molecule has 0 unspecified atom stereocenters. The highest BCUT2D eigenvalue weighted by Gasteiger charge is 2.36. The molecule has 1 aromatic heterocycles. The number of hydrogen-bond donors (Lipinski definition) is 3. The number of carboxylic acids is 1. The minimum atomic E-state index is -0.808. The second kappa shape index (κ2) is 11.4. The molecule has 0 bridgehead atoms. The van der Waals surface area contributed by atoms with E-state index in [0.29, 0.717) is 29.3 Å². The number of carbonyl (C=O) groups excluding carboxylic acids is 2. The van der Waals surface area contributed by atoms with Gasteiger partial charge in [0.25, 0.3) is 11.8 Å². The van der Waals surface area contributed by atoms with Crippen molar-refractivity contribution in [3.63, 3.8) is 0 Å². The Morgan fingerprint density at radius 1 is 0.974 bits per heavy atom. The third-order valence-electron chi connectivity index (χ3n) is 7.73. The summed E-state index contributed by atoms with van der Waals surface area (Å²) in [6.45, 7) is 12.3. The van der Waals surface area contributed by atoms with Crippen LogP contribution in [0.4, 0.5) is 0 Å². The zero-order valence-corrected chi connectivity index (χ0v) is 25.0. The van der Waals surface area contributed by atoms with Crippen molar-refractivity contribution in [1.29, 1.82) is 0 Å². The maximum Gasteiger partial charge on any atom is 0.306 e. The molecule has 0 spiro atoms. The number of aliphatic carboxylic acids is 1. The highest BCUT2D eigenvalue weighted by molar-refractivity contribution is 7.17. The summed E-state index contributed by atoms with van der Waals surface area (Å²) < 4.78 is 0. The maximum atomic E-state index is 13.2. The normalized spacial score (nSPS) is 20.3. The first-order valence-electron chi connectivity index (χ1n) is 14.2. The third kappa shape index (κ3) is 7.47. The Bertz CT molecular complexity index is 1230. The van der Waals surface area contributed by atoms with Gasteiger partial charge in [0.1, 0.15) is 0 Å². The van der Waals surface area contributed by atoms with Gasteiger partial charge < -0.3 is 15.7 Å². The monoisotopic (exact) mass is 553 g/mol. The van der Waals surface area contributed by atoms with Crippen LogP contribution in [-0.2, 0) is 16.6 Å². The lowest BCUT2D eigenvalue weighted by molar-refractivity contribution is -0.145. The molecule has 3 N–H and O–H groups in total. The van der Waals surface area contributed by atoms with E-state index in [9.17, 15) is 19.5 Å². The van der Waals surface area contributed by atoms with Crippen LogP contribution in [0.2, 0.25) is 0 Å². The number of hydrogen-bond acceptors (Lipinski definition) is 5. The quantitative estimate of drug-likeness (QED) is 0.370. The molecule has 7 nitrogen and oxygen atoms in total. The van der Waals surface area contributed by atoms with Gasteiger partial charge in [0, 0.05) is 17.1 Å². The van der Waals surface area contributed by atoms with Crippen LogP contribution in [0.1, 0.15) is 118 Å². The summed E-state index contributed by atoms with van der Waals surface area (Å²) in [7, 11) is 0. The Morgan fingerprint density at radius 3 is 2.23 bits per heavy atom. The summed E-state index contributed by atoms with van der Waals surface area (Å²) >= 11 is 1.37. The third-order valence-corrected chi connectivity index (χ3v) is 8.88. The molecule has 2 saturated carbocycles. The molecule has 2 aliphatic rings. The summed E-state index contributed by atoms with van der Waals surface area (Å²) in [4.78, 5) is 43.4. The van der Waals surface area contributed by atoms with Crippen molar-refractivity contribution in [2.24, 2.45) is 11.8 Å². The van der Waals surface area contributed by atoms with Crippen LogP contribution >= 0.6 is 11.3 Å². The van der Waals surface area contributed by atoms with Gasteiger partial charge in [-0.2, -0.15) is 0 Å². The van der Waals surface area contributed by atoms with Gasteiger partial charge in [0.15, 0.2) is 5.01 Å². The summed E-state index contributed by atoms with van der Waals surface area (Å²) in [5, 5.41) is 15.6. The Hall–Kier alpha value is -2.74. The Balaban J connectivity index is 1.70. The van der Waals surface area contributed by atoms with E-state index < -0.39 is 5.97 Å². The van der Waals surface area contributed by atoms with Gasteiger partial charge >= 0.3 is 5.97 Å². The van der Waals surface area contributed by atoms with Crippen LogP contribution in [-0.4, -0.2) is 39.5 Å². The minimum Gasteiger partial charge on any atom is -0.481 e. The van der Waals surface area contributed by atoms with Crippen LogP contribution in [0.5, 0.6) is 0 Å². The van der Waals surface area contributed by atoms with Crippen LogP contribution < -0.4 is 10.6 Å². The van der Waals surface area contributed by atoms with Crippen LogP contribution in [0.15, 0.2) is 18.2 Å². The second-order valence-electron chi connectivity index (χ2n) is 13.4. The summed E-state index contributed by atoms with van der Waals surface area (Å²) in [5.74, 6) is -1.03. The number of aromatic nitrogens is 1. The first kappa shape index (κ1) is 29.2. The number of rotatable bonds is 7. The Labute approximate surface area is 236 Å². The maximum absolute atomic E-state index is 13.2. The zero-order valence-electron chi connectivity index (χ0n) is 24.1. The molecule has 4 rings (SSSR count). The highest BCUT2D eigenvalue weighted by atomic mass is 32.1. The van der Waals surface area contributed by atoms with Gasteiger partial charge in [0.2, 0.25) is 0 Å². The van der Waals surface area contributed by atoms with E-state index in [1.807, 2.05) is 32.9 Å². The lowest BCUT2D eigenvalue weighted by atomic mass is 9.80.